The van der Waals surface area contributed by atoms with Crippen LogP contribution in [-0.4, -0.2) is 13.7 Å². The molecular formula is C13H17F3O2S. The van der Waals surface area contributed by atoms with Crippen LogP contribution in [-0.2, 0) is 22.4 Å². The van der Waals surface area contributed by atoms with Gasteiger partial charge in [0.15, 0.2) is 9.84 Å². The van der Waals surface area contributed by atoms with Gasteiger partial charge in [0.2, 0.25) is 0 Å². The van der Waals surface area contributed by atoms with E-state index in [0.717, 1.165) is 12.1 Å². The first-order valence-electron chi connectivity index (χ1n) is 6.09. The van der Waals surface area contributed by atoms with Crippen LogP contribution in [0.2, 0.25) is 0 Å². The molecule has 108 valence electrons. The van der Waals surface area contributed by atoms with Gasteiger partial charge in [0.25, 0.3) is 0 Å². The third kappa shape index (κ3) is 3.11. The van der Waals surface area contributed by atoms with Crippen LogP contribution >= 0.6 is 0 Å². The monoisotopic (exact) mass is 294 g/mol. The van der Waals surface area contributed by atoms with Gasteiger partial charge in [-0.1, -0.05) is 19.9 Å². The van der Waals surface area contributed by atoms with E-state index in [4.69, 9.17) is 0 Å². The second-order valence-corrected chi connectivity index (χ2v) is 6.73. The molecule has 0 heterocycles. The summed E-state index contributed by atoms with van der Waals surface area (Å²) in [6, 6.07) is 3.33. The van der Waals surface area contributed by atoms with Gasteiger partial charge in [0.1, 0.15) is 0 Å². The standard InChI is InChI=1S/C13H17F3O2S/c1-4-9(3)19(17,18)12-8-6-7-11(10(12)5-2)13(14,15)16/h6-9H,4-5H2,1-3H3. The van der Waals surface area contributed by atoms with Crippen LogP contribution in [0.4, 0.5) is 13.2 Å². The van der Waals surface area contributed by atoms with Crippen LogP contribution < -0.4 is 0 Å². The lowest BCUT2D eigenvalue weighted by Gasteiger charge is -2.18. The molecule has 1 unspecified atom stereocenters. The molecule has 19 heavy (non-hydrogen) atoms. The van der Waals surface area contributed by atoms with Crippen molar-refractivity contribution in [1.82, 2.24) is 0 Å². The zero-order valence-corrected chi connectivity index (χ0v) is 11.9. The molecule has 1 aromatic rings. The van der Waals surface area contributed by atoms with E-state index < -0.39 is 26.8 Å². The molecule has 0 aliphatic heterocycles. The van der Waals surface area contributed by atoms with Gasteiger partial charge in [-0.2, -0.15) is 13.2 Å². The summed E-state index contributed by atoms with van der Waals surface area (Å²) < 4.78 is 63.2. The van der Waals surface area contributed by atoms with Gasteiger partial charge < -0.3 is 0 Å². The van der Waals surface area contributed by atoms with Crippen molar-refractivity contribution in [2.45, 2.75) is 49.9 Å². The maximum absolute atomic E-state index is 12.9. The molecule has 1 rings (SSSR count). The fraction of sp³-hybridized carbons (Fsp3) is 0.538. The van der Waals surface area contributed by atoms with E-state index >= 15 is 0 Å². The van der Waals surface area contributed by atoms with Crippen molar-refractivity contribution in [2.75, 3.05) is 0 Å². The van der Waals surface area contributed by atoms with Crippen LogP contribution in [0.15, 0.2) is 23.1 Å². The Labute approximate surface area is 111 Å². The smallest absolute Gasteiger partial charge is 0.223 e. The van der Waals surface area contributed by atoms with Gasteiger partial charge in [-0.25, -0.2) is 8.42 Å². The summed E-state index contributed by atoms with van der Waals surface area (Å²) in [6.07, 6.45) is -4.14. The minimum Gasteiger partial charge on any atom is -0.223 e. The molecule has 0 bridgehead atoms. The molecule has 6 heteroatoms. The third-order valence-corrected chi connectivity index (χ3v) is 5.59. The maximum Gasteiger partial charge on any atom is 0.416 e. The number of hydrogen-bond donors (Lipinski definition) is 0. The topological polar surface area (TPSA) is 34.1 Å². The van der Waals surface area contributed by atoms with E-state index in [0.29, 0.717) is 6.42 Å². The van der Waals surface area contributed by atoms with Crippen molar-refractivity contribution in [2.24, 2.45) is 0 Å². The molecule has 0 radical (unpaired) electrons. The third-order valence-electron chi connectivity index (χ3n) is 3.20. The molecular weight excluding hydrogens is 277 g/mol. The fourth-order valence-corrected chi connectivity index (χ4v) is 3.64. The quantitative estimate of drug-likeness (QED) is 0.845. The largest absolute Gasteiger partial charge is 0.416 e. The predicted octanol–water partition coefficient (Wildman–Crippen LogP) is 3.84. The van der Waals surface area contributed by atoms with E-state index in [1.807, 2.05) is 0 Å². The number of rotatable bonds is 4. The molecule has 0 aliphatic rings. The maximum atomic E-state index is 12.9. The van der Waals surface area contributed by atoms with Gasteiger partial charge in [-0.05, 0) is 37.5 Å². The van der Waals surface area contributed by atoms with Crippen LogP contribution in [0.5, 0.6) is 0 Å². The number of alkyl halides is 3. The van der Waals surface area contributed by atoms with Gasteiger partial charge in [-0.3, -0.25) is 0 Å². The minimum absolute atomic E-state index is 0.0285. The lowest BCUT2D eigenvalue weighted by Crippen LogP contribution is -2.20. The molecule has 0 aliphatic carbocycles. The molecule has 1 atom stereocenters. The summed E-state index contributed by atoms with van der Waals surface area (Å²) in [5.41, 5.74) is -1.00. The summed E-state index contributed by atoms with van der Waals surface area (Å²) in [6.45, 7) is 4.73. The lowest BCUT2D eigenvalue weighted by molar-refractivity contribution is -0.138. The molecule has 0 fully saturated rings. The number of hydrogen-bond acceptors (Lipinski definition) is 2. The predicted molar refractivity (Wildman–Crippen MR) is 67.8 cm³/mol. The molecule has 0 N–H and O–H groups in total. The van der Waals surface area contributed by atoms with E-state index in [-0.39, 0.29) is 16.9 Å². The van der Waals surface area contributed by atoms with Gasteiger partial charge in [0, 0.05) is 0 Å². The fourth-order valence-electron chi connectivity index (χ4n) is 1.90. The summed E-state index contributed by atoms with van der Waals surface area (Å²) in [7, 11) is -3.71. The highest BCUT2D eigenvalue weighted by atomic mass is 32.2. The van der Waals surface area contributed by atoms with E-state index in [1.54, 1.807) is 6.92 Å². The number of benzene rings is 1. The second-order valence-electron chi connectivity index (χ2n) is 4.40. The summed E-state index contributed by atoms with van der Waals surface area (Å²) in [5, 5.41) is -0.693. The SMILES string of the molecule is CCc1c(C(F)(F)F)cccc1S(=O)(=O)C(C)CC. The highest BCUT2D eigenvalue weighted by Gasteiger charge is 2.36. The average Bonchev–Trinajstić information content (AvgIpc) is 2.35. The first-order valence-corrected chi connectivity index (χ1v) is 7.63. The molecule has 0 amide bonds. The van der Waals surface area contributed by atoms with Crippen molar-refractivity contribution in [1.29, 1.82) is 0 Å². The van der Waals surface area contributed by atoms with Crippen LogP contribution in [0.3, 0.4) is 0 Å². The Hall–Kier alpha value is -1.04. The lowest BCUT2D eigenvalue weighted by atomic mass is 10.1. The Morgan fingerprint density at radius 2 is 1.79 bits per heavy atom. The first-order chi connectivity index (χ1) is 8.66. The van der Waals surface area contributed by atoms with Crippen molar-refractivity contribution >= 4 is 9.84 Å². The first kappa shape index (κ1) is 16.0. The van der Waals surface area contributed by atoms with Crippen LogP contribution in [0.25, 0.3) is 0 Å². The average molecular weight is 294 g/mol. The zero-order chi connectivity index (χ0) is 14.8. The van der Waals surface area contributed by atoms with Gasteiger partial charge in [0.05, 0.1) is 15.7 Å². The molecule has 1 aromatic carbocycles. The van der Waals surface area contributed by atoms with E-state index in [9.17, 15) is 21.6 Å². The normalized spacial score (nSPS) is 14.4. The Balaban J connectivity index is 3.55. The molecule has 0 saturated carbocycles. The van der Waals surface area contributed by atoms with Crippen LogP contribution in [0, 0.1) is 0 Å². The van der Waals surface area contributed by atoms with Crippen molar-refractivity contribution in [3.05, 3.63) is 29.3 Å². The van der Waals surface area contributed by atoms with Crippen molar-refractivity contribution in [3.8, 4) is 0 Å². The zero-order valence-electron chi connectivity index (χ0n) is 11.1. The van der Waals surface area contributed by atoms with Gasteiger partial charge in [-0.15, -0.1) is 0 Å². The highest BCUT2D eigenvalue weighted by molar-refractivity contribution is 7.92. The molecule has 2 nitrogen and oxygen atoms in total. The number of sulfone groups is 1. The molecule has 0 spiro atoms. The van der Waals surface area contributed by atoms with Crippen molar-refractivity contribution in [3.63, 3.8) is 0 Å². The summed E-state index contributed by atoms with van der Waals surface area (Å²) >= 11 is 0. The summed E-state index contributed by atoms with van der Waals surface area (Å²) in [5.74, 6) is 0. The minimum atomic E-state index is -4.54. The number of halogens is 3. The Kier molecular flexibility index (Phi) is 4.66. The second kappa shape index (κ2) is 5.53. The molecule has 0 saturated heterocycles. The Morgan fingerprint density at radius 1 is 1.21 bits per heavy atom. The van der Waals surface area contributed by atoms with E-state index in [2.05, 4.69) is 0 Å². The van der Waals surface area contributed by atoms with Gasteiger partial charge >= 0.3 is 6.18 Å². The Bertz CT molecular complexity index is 547. The van der Waals surface area contributed by atoms with E-state index in [1.165, 1.54) is 19.9 Å². The summed E-state index contributed by atoms with van der Waals surface area (Å²) in [4.78, 5) is -0.195. The Morgan fingerprint density at radius 3 is 2.21 bits per heavy atom. The van der Waals surface area contributed by atoms with Crippen molar-refractivity contribution < 1.29 is 21.6 Å². The van der Waals surface area contributed by atoms with Crippen LogP contribution in [0.1, 0.15) is 38.3 Å². The molecule has 0 aromatic heterocycles. The highest BCUT2D eigenvalue weighted by Crippen LogP contribution is 2.36.